The Morgan fingerprint density at radius 2 is 2.42 bits per heavy atom. The molecular formula is C11H10N4O3S. The standard InChI is InChI=1S/C11H10N4O3S/c1-18-9(17)4-6-3-8(16)15-10(13-6)7(5-12)11(14-15)19-2/h3,14H,4H2,1-2H3. The zero-order valence-electron chi connectivity index (χ0n) is 10.3. The Bertz CT molecular complexity index is 741. The minimum Gasteiger partial charge on any atom is -0.469 e. The van der Waals surface area contributed by atoms with Gasteiger partial charge in [-0.25, -0.2) is 4.98 Å². The van der Waals surface area contributed by atoms with E-state index in [1.54, 1.807) is 6.26 Å². The van der Waals surface area contributed by atoms with Gasteiger partial charge in [0.1, 0.15) is 16.7 Å². The predicted octanol–water partition coefficient (Wildman–Crippen LogP) is 0.332. The first-order chi connectivity index (χ1) is 9.10. The van der Waals surface area contributed by atoms with Crippen molar-refractivity contribution in [2.45, 2.75) is 11.4 Å². The maximum absolute atomic E-state index is 11.9. The molecule has 2 heterocycles. The zero-order valence-corrected chi connectivity index (χ0v) is 11.1. The molecule has 98 valence electrons. The summed E-state index contributed by atoms with van der Waals surface area (Å²) in [6.07, 6.45) is 1.68. The number of ether oxygens (including phenoxy) is 1. The van der Waals surface area contributed by atoms with Gasteiger partial charge in [-0.1, -0.05) is 0 Å². The van der Waals surface area contributed by atoms with Gasteiger partial charge in [-0.3, -0.25) is 14.7 Å². The molecule has 0 amide bonds. The van der Waals surface area contributed by atoms with Crippen LogP contribution < -0.4 is 5.56 Å². The number of esters is 1. The highest BCUT2D eigenvalue weighted by Crippen LogP contribution is 2.20. The minimum atomic E-state index is -0.490. The lowest BCUT2D eigenvalue weighted by atomic mass is 10.3. The fraction of sp³-hybridized carbons (Fsp3) is 0.273. The van der Waals surface area contributed by atoms with Crippen molar-refractivity contribution in [1.82, 2.24) is 14.6 Å². The first-order valence-electron chi connectivity index (χ1n) is 5.26. The van der Waals surface area contributed by atoms with Gasteiger partial charge in [0.2, 0.25) is 0 Å². The third kappa shape index (κ3) is 2.32. The topological polar surface area (TPSA) is 100 Å². The van der Waals surface area contributed by atoms with E-state index in [2.05, 4.69) is 14.8 Å². The summed E-state index contributed by atoms with van der Waals surface area (Å²) < 4.78 is 5.71. The molecule has 0 saturated heterocycles. The van der Waals surface area contributed by atoms with Crippen LogP contribution in [0, 0.1) is 11.3 Å². The molecule has 0 aromatic carbocycles. The van der Waals surface area contributed by atoms with Crippen LogP contribution in [0.5, 0.6) is 0 Å². The van der Waals surface area contributed by atoms with Gasteiger partial charge in [0, 0.05) is 6.07 Å². The number of carbonyl (C=O) groups excluding carboxylic acids is 1. The third-order valence-electron chi connectivity index (χ3n) is 2.50. The fourth-order valence-corrected chi connectivity index (χ4v) is 2.15. The molecule has 2 aromatic heterocycles. The number of aromatic amines is 1. The molecule has 0 aliphatic carbocycles. The van der Waals surface area contributed by atoms with E-state index >= 15 is 0 Å². The van der Waals surface area contributed by atoms with Gasteiger partial charge >= 0.3 is 5.97 Å². The van der Waals surface area contributed by atoms with Crippen molar-refractivity contribution >= 4 is 23.4 Å². The maximum Gasteiger partial charge on any atom is 0.311 e. The van der Waals surface area contributed by atoms with Gasteiger partial charge in [0.25, 0.3) is 5.56 Å². The summed E-state index contributed by atoms with van der Waals surface area (Å²) in [6, 6.07) is 3.24. The maximum atomic E-state index is 11.9. The van der Waals surface area contributed by atoms with E-state index in [-0.39, 0.29) is 28.9 Å². The summed E-state index contributed by atoms with van der Waals surface area (Å²) in [5.74, 6) is -0.490. The van der Waals surface area contributed by atoms with Crippen LogP contribution in [-0.2, 0) is 16.0 Å². The lowest BCUT2D eigenvalue weighted by molar-refractivity contribution is -0.139. The molecule has 0 radical (unpaired) electrons. The number of H-pyrrole nitrogens is 1. The molecule has 7 nitrogen and oxygen atoms in total. The summed E-state index contributed by atoms with van der Waals surface area (Å²) in [7, 11) is 1.26. The van der Waals surface area contributed by atoms with Crippen LogP contribution in [0.1, 0.15) is 11.3 Å². The second-order valence-corrected chi connectivity index (χ2v) is 4.45. The summed E-state index contributed by atoms with van der Waals surface area (Å²) in [5, 5.41) is 12.5. The predicted molar refractivity (Wildman–Crippen MR) is 68.0 cm³/mol. The Balaban J connectivity index is 2.65. The largest absolute Gasteiger partial charge is 0.469 e. The number of nitriles is 1. The first kappa shape index (κ1) is 13.2. The monoisotopic (exact) mass is 278 g/mol. The van der Waals surface area contributed by atoms with Crippen molar-refractivity contribution in [2.75, 3.05) is 13.4 Å². The van der Waals surface area contributed by atoms with Crippen molar-refractivity contribution < 1.29 is 9.53 Å². The van der Waals surface area contributed by atoms with E-state index in [1.807, 2.05) is 6.07 Å². The van der Waals surface area contributed by atoms with Crippen molar-refractivity contribution in [2.24, 2.45) is 0 Å². The van der Waals surface area contributed by atoms with Gasteiger partial charge in [0.15, 0.2) is 5.65 Å². The molecule has 0 saturated carbocycles. The molecule has 0 aliphatic rings. The number of nitrogens with zero attached hydrogens (tertiary/aromatic N) is 3. The molecule has 0 unspecified atom stereocenters. The molecule has 2 aromatic rings. The number of fused-ring (bicyclic) bond motifs is 1. The Morgan fingerprint density at radius 1 is 1.68 bits per heavy atom. The Morgan fingerprint density at radius 3 is 3.00 bits per heavy atom. The van der Waals surface area contributed by atoms with E-state index in [0.717, 1.165) is 0 Å². The molecule has 0 aliphatic heterocycles. The number of thioether (sulfide) groups is 1. The number of hydrogen-bond donors (Lipinski definition) is 1. The van der Waals surface area contributed by atoms with Gasteiger partial charge in [-0.2, -0.15) is 9.78 Å². The zero-order chi connectivity index (χ0) is 14.0. The SMILES string of the molecule is COC(=O)Cc1cc(=O)n2[nH]c(SC)c(C#N)c2n1. The van der Waals surface area contributed by atoms with Crippen LogP contribution >= 0.6 is 11.8 Å². The highest BCUT2D eigenvalue weighted by molar-refractivity contribution is 7.98. The molecule has 1 N–H and O–H groups in total. The number of rotatable bonds is 3. The minimum absolute atomic E-state index is 0.104. The summed E-state index contributed by atoms with van der Waals surface area (Å²) in [5.41, 5.74) is 0.412. The van der Waals surface area contributed by atoms with Gasteiger partial charge in [-0.05, 0) is 6.26 Å². The van der Waals surface area contributed by atoms with Crippen LogP contribution in [0.4, 0.5) is 0 Å². The van der Waals surface area contributed by atoms with Crippen molar-refractivity contribution in [1.29, 1.82) is 5.26 Å². The van der Waals surface area contributed by atoms with Crippen LogP contribution in [0.2, 0.25) is 0 Å². The quantitative estimate of drug-likeness (QED) is 0.641. The van der Waals surface area contributed by atoms with E-state index in [1.165, 1.54) is 29.5 Å². The van der Waals surface area contributed by atoms with E-state index in [0.29, 0.717) is 5.03 Å². The lowest BCUT2D eigenvalue weighted by Crippen LogP contribution is -2.17. The van der Waals surface area contributed by atoms with Crippen LogP contribution in [0.3, 0.4) is 0 Å². The van der Waals surface area contributed by atoms with Crippen LogP contribution in [0.15, 0.2) is 15.9 Å². The average Bonchev–Trinajstić information content (AvgIpc) is 2.76. The van der Waals surface area contributed by atoms with Crippen LogP contribution in [0.25, 0.3) is 5.65 Å². The number of aromatic nitrogens is 3. The second-order valence-electron chi connectivity index (χ2n) is 3.63. The highest BCUT2D eigenvalue weighted by Gasteiger charge is 2.15. The Hall–Kier alpha value is -2.27. The molecule has 19 heavy (non-hydrogen) atoms. The first-order valence-corrected chi connectivity index (χ1v) is 6.48. The molecule has 0 fully saturated rings. The van der Waals surface area contributed by atoms with Gasteiger partial charge in [0.05, 0.1) is 19.2 Å². The Kier molecular flexibility index (Phi) is 3.57. The number of carbonyl (C=O) groups is 1. The third-order valence-corrected chi connectivity index (χ3v) is 3.21. The summed E-state index contributed by atoms with van der Waals surface area (Å²) in [6.45, 7) is 0. The number of methoxy groups -OCH3 is 1. The average molecular weight is 278 g/mol. The van der Waals surface area contributed by atoms with Crippen molar-refractivity contribution in [3.63, 3.8) is 0 Å². The van der Waals surface area contributed by atoms with E-state index in [4.69, 9.17) is 5.26 Å². The number of nitrogens with one attached hydrogen (secondary N) is 1. The molecule has 2 rings (SSSR count). The van der Waals surface area contributed by atoms with E-state index in [9.17, 15) is 9.59 Å². The highest BCUT2D eigenvalue weighted by atomic mass is 32.2. The Labute approximate surface area is 112 Å². The number of hydrogen-bond acceptors (Lipinski definition) is 6. The van der Waals surface area contributed by atoms with Crippen molar-refractivity contribution in [3.8, 4) is 6.07 Å². The fourth-order valence-electron chi connectivity index (χ4n) is 1.62. The molecule has 0 atom stereocenters. The van der Waals surface area contributed by atoms with Crippen LogP contribution in [-0.4, -0.2) is 33.9 Å². The summed E-state index contributed by atoms with van der Waals surface area (Å²) >= 11 is 1.31. The summed E-state index contributed by atoms with van der Waals surface area (Å²) in [4.78, 5) is 27.2. The van der Waals surface area contributed by atoms with Crippen molar-refractivity contribution in [3.05, 3.63) is 27.7 Å². The van der Waals surface area contributed by atoms with Gasteiger partial charge in [-0.15, -0.1) is 11.8 Å². The molecule has 8 heteroatoms. The lowest BCUT2D eigenvalue weighted by Gasteiger charge is -1.99. The van der Waals surface area contributed by atoms with E-state index < -0.39 is 5.97 Å². The molecule has 0 bridgehead atoms. The second kappa shape index (κ2) is 5.16. The normalized spacial score (nSPS) is 10.4. The molecule has 0 spiro atoms. The van der Waals surface area contributed by atoms with Gasteiger partial charge < -0.3 is 4.74 Å². The smallest absolute Gasteiger partial charge is 0.311 e. The molecular weight excluding hydrogens is 268 g/mol.